The summed E-state index contributed by atoms with van der Waals surface area (Å²) < 4.78 is 14.6. The lowest BCUT2D eigenvalue weighted by molar-refractivity contribution is 0.612. The number of nitrogens with zero attached hydrogens (tertiary/aromatic N) is 1. The maximum Gasteiger partial charge on any atom is 0.129 e. The maximum absolute atomic E-state index is 13.6. The van der Waals surface area contributed by atoms with Gasteiger partial charge in [0, 0.05) is 22.3 Å². The number of halogens is 2. The highest BCUT2D eigenvalue weighted by molar-refractivity contribution is 9.10. The number of nitriles is 1. The molecule has 0 aromatic heterocycles. The third-order valence-electron chi connectivity index (χ3n) is 2.49. The van der Waals surface area contributed by atoms with E-state index in [0.717, 1.165) is 10.2 Å². The molecule has 0 unspecified atom stereocenters. The first-order valence-corrected chi connectivity index (χ1v) is 6.16. The van der Waals surface area contributed by atoms with Gasteiger partial charge in [0.2, 0.25) is 0 Å². The molecule has 90 valence electrons. The Morgan fingerprint density at radius 3 is 2.72 bits per heavy atom. The lowest BCUT2D eigenvalue weighted by Crippen LogP contribution is -2.02. The molecule has 0 amide bonds. The maximum atomic E-state index is 13.6. The van der Waals surface area contributed by atoms with Crippen molar-refractivity contribution in [3.05, 3.63) is 63.9 Å². The average Bonchev–Trinajstić information content (AvgIpc) is 2.37. The summed E-state index contributed by atoms with van der Waals surface area (Å²) in [6, 6.07) is 14.0. The van der Waals surface area contributed by atoms with E-state index >= 15 is 0 Å². The quantitative estimate of drug-likeness (QED) is 0.927. The molecule has 0 spiro atoms. The highest BCUT2D eigenvalue weighted by Crippen LogP contribution is 2.17. The number of benzene rings is 2. The van der Waals surface area contributed by atoms with Crippen molar-refractivity contribution in [2.75, 3.05) is 5.32 Å². The van der Waals surface area contributed by atoms with E-state index in [-0.39, 0.29) is 5.82 Å². The Morgan fingerprint density at radius 2 is 2.06 bits per heavy atom. The largest absolute Gasteiger partial charge is 0.381 e. The molecular formula is C14H10BrFN2. The highest BCUT2D eigenvalue weighted by atomic mass is 79.9. The van der Waals surface area contributed by atoms with Crippen LogP contribution in [0.1, 0.15) is 11.1 Å². The van der Waals surface area contributed by atoms with Crippen molar-refractivity contribution in [3.8, 4) is 6.07 Å². The van der Waals surface area contributed by atoms with E-state index in [1.54, 1.807) is 12.1 Å². The van der Waals surface area contributed by atoms with Gasteiger partial charge < -0.3 is 5.32 Å². The zero-order chi connectivity index (χ0) is 13.0. The van der Waals surface area contributed by atoms with Crippen LogP contribution in [0.25, 0.3) is 0 Å². The Balaban J connectivity index is 2.09. The van der Waals surface area contributed by atoms with Crippen LogP contribution in [0.2, 0.25) is 0 Å². The molecule has 0 aliphatic heterocycles. The number of anilines is 1. The molecule has 0 bridgehead atoms. The molecule has 0 radical (unpaired) electrons. The summed E-state index contributed by atoms with van der Waals surface area (Å²) in [4.78, 5) is 0. The Kier molecular flexibility index (Phi) is 3.96. The monoisotopic (exact) mass is 304 g/mol. The minimum atomic E-state index is -0.364. The summed E-state index contributed by atoms with van der Waals surface area (Å²) in [5, 5.41) is 11.8. The van der Waals surface area contributed by atoms with E-state index in [4.69, 9.17) is 5.26 Å². The first kappa shape index (κ1) is 12.6. The number of hydrogen-bond acceptors (Lipinski definition) is 2. The van der Waals surface area contributed by atoms with Crippen LogP contribution in [0.15, 0.2) is 46.9 Å². The first-order valence-electron chi connectivity index (χ1n) is 5.37. The van der Waals surface area contributed by atoms with Crippen LogP contribution in [0, 0.1) is 17.1 Å². The van der Waals surface area contributed by atoms with E-state index in [1.165, 1.54) is 6.07 Å². The molecule has 2 nitrogen and oxygen atoms in total. The second-order valence-electron chi connectivity index (χ2n) is 3.78. The molecule has 0 fully saturated rings. The normalized spacial score (nSPS) is 9.83. The van der Waals surface area contributed by atoms with Crippen LogP contribution in [0.5, 0.6) is 0 Å². The summed E-state index contributed by atoms with van der Waals surface area (Å²) in [5.74, 6) is -0.364. The minimum Gasteiger partial charge on any atom is -0.381 e. The van der Waals surface area contributed by atoms with Crippen molar-refractivity contribution >= 4 is 21.6 Å². The first-order chi connectivity index (χ1) is 8.69. The van der Waals surface area contributed by atoms with E-state index in [1.807, 2.05) is 30.3 Å². The molecule has 0 atom stereocenters. The minimum absolute atomic E-state index is 0.332. The zero-order valence-corrected chi connectivity index (χ0v) is 11.0. The molecule has 0 aliphatic carbocycles. The Morgan fingerprint density at radius 1 is 1.22 bits per heavy atom. The highest BCUT2D eigenvalue weighted by Gasteiger charge is 2.03. The van der Waals surface area contributed by atoms with Crippen LogP contribution < -0.4 is 5.32 Å². The van der Waals surface area contributed by atoms with Gasteiger partial charge >= 0.3 is 0 Å². The van der Waals surface area contributed by atoms with Crippen LogP contribution in [-0.2, 0) is 6.54 Å². The van der Waals surface area contributed by atoms with Crippen molar-refractivity contribution in [2.24, 2.45) is 0 Å². The predicted molar refractivity (Wildman–Crippen MR) is 72.6 cm³/mol. The van der Waals surface area contributed by atoms with Gasteiger partial charge in [-0.25, -0.2) is 4.39 Å². The summed E-state index contributed by atoms with van der Waals surface area (Å²) in [5.41, 5.74) is 1.78. The van der Waals surface area contributed by atoms with Crippen molar-refractivity contribution < 1.29 is 4.39 Å². The fraction of sp³-hybridized carbons (Fsp3) is 0.0714. The SMILES string of the molecule is N#Cc1ccc(CNc2cccc(Br)c2)c(F)c1. The van der Waals surface area contributed by atoms with E-state index < -0.39 is 0 Å². The molecule has 0 heterocycles. The summed E-state index contributed by atoms with van der Waals surface area (Å²) in [6.45, 7) is 0.383. The van der Waals surface area contributed by atoms with Crippen LogP contribution in [-0.4, -0.2) is 0 Å². The van der Waals surface area contributed by atoms with Gasteiger partial charge in [0.1, 0.15) is 5.82 Å². The molecule has 18 heavy (non-hydrogen) atoms. The van der Waals surface area contributed by atoms with Crippen molar-refractivity contribution in [1.82, 2.24) is 0 Å². The van der Waals surface area contributed by atoms with E-state index in [9.17, 15) is 4.39 Å². The number of hydrogen-bond donors (Lipinski definition) is 1. The number of rotatable bonds is 3. The van der Waals surface area contributed by atoms with Crippen molar-refractivity contribution in [2.45, 2.75) is 6.54 Å². The Bertz CT molecular complexity index is 605. The molecule has 4 heteroatoms. The molecular weight excluding hydrogens is 295 g/mol. The fourth-order valence-corrected chi connectivity index (χ4v) is 1.96. The summed E-state index contributed by atoms with van der Waals surface area (Å²) >= 11 is 3.37. The van der Waals surface area contributed by atoms with E-state index in [2.05, 4.69) is 21.2 Å². The lowest BCUT2D eigenvalue weighted by Gasteiger charge is -2.08. The smallest absolute Gasteiger partial charge is 0.129 e. The Hall–Kier alpha value is -1.86. The molecule has 1 N–H and O–H groups in total. The second-order valence-corrected chi connectivity index (χ2v) is 4.70. The van der Waals surface area contributed by atoms with Gasteiger partial charge in [-0.15, -0.1) is 0 Å². The van der Waals surface area contributed by atoms with Crippen LogP contribution >= 0.6 is 15.9 Å². The van der Waals surface area contributed by atoms with Crippen LogP contribution in [0.3, 0.4) is 0 Å². The lowest BCUT2D eigenvalue weighted by atomic mass is 10.1. The van der Waals surface area contributed by atoms with Crippen LogP contribution in [0.4, 0.5) is 10.1 Å². The number of nitrogens with one attached hydrogen (secondary N) is 1. The fourth-order valence-electron chi connectivity index (χ4n) is 1.56. The van der Waals surface area contributed by atoms with E-state index in [0.29, 0.717) is 17.7 Å². The van der Waals surface area contributed by atoms with Gasteiger partial charge in [-0.2, -0.15) is 5.26 Å². The Labute approximate surface area is 113 Å². The third kappa shape index (κ3) is 3.08. The molecule has 2 aromatic carbocycles. The molecule has 0 saturated carbocycles. The third-order valence-corrected chi connectivity index (χ3v) is 2.98. The molecule has 0 saturated heterocycles. The predicted octanol–water partition coefficient (Wildman–Crippen LogP) is 4.07. The van der Waals surface area contributed by atoms with Gasteiger partial charge in [-0.3, -0.25) is 0 Å². The van der Waals surface area contributed by atoms with Crippen molar-refractivity contribution in [1.29, 1.82) is 5.26 Å². The molecule has 2 rings (SSSR count). The van der Waals surface area contributed by atoms with Gasteiger partial charge in [-0.1, -0.05) is 28.1 Å². The molecule has 0 aliphatic rings. The second kappa shape index (κ2) is 5.65. The molecule has 2 aromatic rings. The van der Waals surface area contributed by atoms with Gasteiger partial charge in [0.05, 0.1) is 11.6 Å². The zero-order valence-electron chi connectivity index (χ0n) is 9.45. The standard InChI is InChI=1S/C14H10BrFN2/c15-12-2-1-3-13(7-12)18-9-11-5-4-10(8-17)6-14(11)16/h1-7,18H,9H2. The van der Waals surface area contributed by atoms with Gasteiger partial charge in [0.25, 0.3) is 0 Å². The average molecular weight is 305 g/mol. The summed E-state index contributed by atoms with van der Waals surface area (Å²) in [6.07, 6.45) is 0. The summed E-state index contributed by atoms with van der Waals surface area (Å²) in [7, 11) is 0. The van der Waals surface area contributed by atoms with Gasteiger partial charge in [0.15, 0.2) is 0 Å². The van der Waals surface area contributed by atoms with Crippen molar-refractivity contribution in [3.63, 3.8) is 0 Å². The topological polar surface area (TPSA) is 35.8 Å². The van der Waals surface area contributed by atoms with Gasteiger partial charge in [-0.05, 0) is 30.3 Å².